The van der Waals surface area contributed by atoms with Crippen LogP contribution in [0.1, 0.15) is 30.4 Å². The van der Waals surface area contributed by atoms with E-state index in [1.54, 1.807) is 0 Å². The molecule has 0 atom stereocenters. The normalized spacial score (nSPS) is 20.7. The van der Waals surface area contributed by atoms with E-state index >= 15 is 0 Å². The van der Waals surface area contributed by atoms with Crippen molar-refractivity contribution in [2.24, 2.45) is 5.41 Å². The van der Waals surface area contributed by atoms with Crippen LogP contribution in [0.5, 0.6) is 0 Å². The topological polar surface area (TPSA) is 44.1 Å². The molecule has 1 aromatic rings. The van der Waals surface area contributed by atoms with E-state index in [1.807, 2.05) is 4.90 Å². The maximum absolute atomic E-state index is 12.5. The third-order valence-corrected chi connectivity index (χ3v) is 4.54. The van der Waals surface area contributed by atoms with Gasteiger partial charge in [0.1, 0.15) is 5.41 Å². The Morgan fingerprint density at radius 3 is 2.16 bits per heavy atom. The summed E-state index contributed by atoms with van der Waals surface area (Å²) in [4.78, 5) is 14.4. The van der Waals surface area contributed by atoms with Crippen molar-refractivity contribution < 1.29 is 4.79 Å². The third-order valence-electron chi connectivity index (χ3n) is 4.54. The van der Waals surface area contributed by atoms with Crippen molar-refractivity contribution in [2.75, 3.05) is 13.1 Å². The second kappa shape index (κ2) is 4.70. The van der Waals surface area contributed by atoms with Gasteiger partial charge in [-0.25, -0.2) is 0 Å². The van der Waals surface area contributed by atoms with Crippen LogP contribution in [-0.4, -0.2) is 23.9 Å². The predicted molar refractivity (Wildman–Crippen MR) is 72.3 cm³/mol. The van der Waals surface area contributed by atoms with Crippen LogP contribution in [0.2, 0.25) is 0 Å². The van der Waals surface area contributed by atoms with Gasteiger partial charge in [0.05, 0.1) is 6.07 Å². The summed E-state index contributed by atoms with van der Waals surface area (Å²) >= 11 is 0. The Morgan fingerprint density at radius 1 is 1.16 bits per heavy atom. The molecule has 1 saturated carbocycles. The summed E-state index contributed by atoms with van der Waals surface area (Å²) in [7, 11) is 0. The average Bonchev–Trinajstić information content (AvgIpc) is 2.60. The van der Waals surface area contributed by atoms with Crippen LogP contribution < -0.4 is 0 Å². The lowest BCUT2D eigenvalue weighted by molar-refractivity contribution is -0.142. The molecule has 1 fully saturated rings. The Bertz CT molecular complexity index is 513. The van der Waals surface area contributed by atoms with Crippen LogP contribution >= 0.6 is 0 Å². The number of hydrogen-bond acceptors (Lipinski definition) is 2. The lowest BCUT2D eigenvalue weighted by Crippen LogP contribution is -2.48. The number of fused-ring (bicyclic) bond motifs is 1. The van der Waals surface area contributed by atoms with E-state index in [4.69, 9.17) is 0 Å². The zero-order chi connectivity index (χ0) is 13.3. The van der Waals surface area contributed by atoms with Gasteiger partial charge >= 0.3 is 0 Å². The van der Waals surface area contributed by atoms with Crippen LogP contribution in [0.4, 0.5) is 0 Å². The summed E-state index contributed by atoms with van der Waals surface area (Å²) < 4.78 is 0. The van der Waals surface area contributed by atoms with Gasteiger partial charge in [-0.1, -0.05) is 24.3 Å². The van der Waals surface area contributed by atoms with Gasteiger partial charge in [0.15, 0.2) is 0 Å². The van der Waals surface area contributed by atoms with E-state index in [0.717, 1.165) is 45.2 Å². The molecule has 0 unspecified atom stereocenters. The van der Waals surface area contributed by atoms with E-state index in [9.17, 15) is 10.1 Å². The SMILES string of the molecule is N#CC1(C(=O)N2CCc3ccccc3CC2)CCC1. The van der Waals surface area contributed by atoms with Crippen molar-refractivity contribution >= 4 is 5.91 Å². The minimum atomic E-state index is -0.698. The van der Waals surface area contributed by atoms with Gasteiger partial charge in [-0.2, -0.15) is 5.26 Å². The fraction of sp³-hybridized carbons (Fsp3) is 0.500. The molecule has 1 heterocycles. The molecule has 98 valence electrons. The molecule has 0 saturated heterocycles. The van der Waals surface area contributed by atoms with E-state index in [0.29, 0.717) is 0 Å². The molecule has 1 aromatic carbocycles. The molecular formula is C16H18N2O. The highest BCUT2D eigenvalue weighted by Crippen LogP contribution is 2.42. The van der Waals surface area contributed by atoms with Crippen LogP contribution in [0.15, 0.2) is 24.3 Å². The largest absolute Gasteiger partial charge is 0.341 e. The van der Waals surface area contributed by atoms with E-state index in [-0.39, 0.29) is 5.91 Å². The van der Waals surface area contributed by atoms with Crippen molar-refractivity contribution in [3.63, 3.8) is 0 Å². The minimum absolute atomic E-state index is 0.0639. The quantitative estimate of drug-likeness (QED) is 0.772. The molecule has 19 heavy (non-hydrogen) atoms. The Balaban J connectivity index is 1.76. The first-order valence-corrected chi connectivity index (χ1v) is 7.03. The average molecular weight is 254 g/mol. The third kappa shape index (κ3) is 2.02. The maximum atomic E-state index is 12.5. The smallest absolute Gasteiger partial charge is 0.243 e. The molecule has 3 rings (SSSR count). The first-order valence-electron chi connectivity index (χ1n) is 7.03. The second-order valence-electron chi connectivity index (χ2n) is 5.61. The molecule has 1 amide bonds. The van der Waals surface area contributed by atoms with Crippen molar-refractivity contribution in [2.45, 2.75) is 32.1 Å². The van der Waals surface area contributed by atoms with E-state index in [2.05, 4.69) is 30.3 Å². The van der Waals surface area contributed by atoms with Gasteiger partial charge in [-0.3, -0.25) is 4.79 Å². The lowest BCUT2D eigenvalue weighted by atomic mass is 9.69. The Morgan fingerprint density at radius 2 is 1.74 bits per heavy atom. The van der Waals surface area contributed by atoms with Crippen LogP contribution in [0.25, 0.3) is 0 Å². The molecule has 0 bridgehead atoms. The summed E-state index contributed by atoms with van der Waals surface area (Å²) in [5.41, 5.74) is 1.99. The van der Waals surface area contributed by atoms with Crippen LogP contribution in [-0.2, 0) is 17.6 Å². The molecule has 0 aromatic heterocycles. The zero-order valence-corrected chi connectivity index (χ0v) is 11.1. The number of nitriles is 1. The van der Waals surface area contributed by atoms with Crippen molar-refractivity contribution in [3.8, 4) is 6.07 Å². The highest BCUT2D eigenvalue weighted by molar-refractivity contribution is 5.86. The minimum Gasteiger partial charge on any atom is -0.341 e. The number of amides is 1. The van der Waals surface area contributed by atoms with Crippen molar-refractivity contribution in [1.82, 2.24) is 4.90 Å². The molecule has 3 nitrogen and oxygen atoms in total. The van der Waals surface area contributed by atoms with Crippen molar-refractivity contribution in [3.05, 3.63) is 35.4 Å². The van der Waals surface area contributed by atoms with Gasteiger partial charge in [0.25, 0.3) is 0 Å². The monoisotopic (exact) mass is 254 g/mol. The summed E-state index contributed by atoms with van der Waals surface area (Å²) in [6.45, 7) is 1.50. The summed E-state index contributed by atoms with van der Waals surface area (Å²) in [5, 5.41) is 9.28. The van der Waals surface area contributed by atoms with Gasteiger partial charge < -0.3 is 4.90 Å². The first kappa shape index (κ1) is 12.2. The number of carbonyl (C=O) groups is 1. The molecule has 0 radical (unpaired) electrons. The summed E-state index contributed by atoms with van der Waals surface area (Å²) in [5.74, 6) is 0.0639. The van der Waals surface area contributed by atoms with Gasteiger partial charge in [-0.05, 0) is 43.2 Å². The van der Waals surface area contributed by atoms with Gasteiger partial charge in [-0.15, -0.1) is 0 Å². The summed E-state index contributed by atoms with van der Waals surface area (Å²) in [6, 6.07) is 10.7. The Kier molecular flexibility index (Phi) is 3.02. The van der Waals surface area contributed by atoms with Crippen LogP contribution in [0, 0.1) is 16.7 Å². The van der Waals surface area contributed by atoms with Crippen molar-refractivity contribution in [1.29, 1.82) is 5.26 Å². The van der Waals surface area contributed by atoms with E-state index in [1.165, 1.54) is 11.1 Å². The second-order valence-corrected chi connectivity index (χ2v) is 5.61. The number of carbonyl (C=O) groups excluding carboxylic acids is 1. The lowest BCUT2D eigenvalue weighted by Gasteiger charge is -2.37. The maximum Gasteiger partial charge on any atom is 0.243 e. The zero-order valence-electron chi connectivity index (χ0n) is 11.1. The Hall–Kier alpha value is -1.82. The molecule has 0 spiro atoms. The standard InChI is InChI=1S/C16H18N2O/c17-12-16(8-3-9-16)15(19)18-10-6-13-4-1-2-5-14(13)7-11-18/h1-2,4-5H,3,6-11H2. The molecule has 3 heteroatoms. The number of nitrogens with zero attached hydrogens (tertiary/aromatic N) is 2. The fourth-order valence-corrected chi connectivity index (χ4v) is 3.08. The summed E-state index contributed by atoms with van der Waals surface area (Å²) in [6.07, 6.45) is 4.30. The fourth-order valence-electron chi connectivity index (χ4n) is 3.08. The number of rotatable bonds is 1. The molecule has 1 aliphatic heterocycles. The number of benzene rings is 1. The molecule has 2 aliphatic rings. The number of hydrogen-bond donors (Lipinski definition) is 0. The van der Waals surface area contributed by atoms with Gasteiger partial charge in [0.2, 0.25) is 5.91 Å². The molecular weight excluding hydrogens is 236 g/mol. The molecule has 0 N–H and O–H groups in total. The Labute approximate surface area is 113 Å². The first-order chi connectivity index (χ1) is 9.25. The highest BCUT2D eigenvalue weighted by atomic mass is 16.2. The van der Waals surface area contributed by atoms with Crippen LogP contribution in [0.3, 0.4) is 0 Å². The van der Waals surface area contributed by atoms with Gasteiger partial charge in [0, 0.05) is 13.1 Å². The van der Waals surface area contributed by atoms with E-state index < -0.39 is 5.41 Å². The molecule has 1 aliphatic carbocycles. The highest BCUT2D eigenvalue weighted by Gasteiger charge is 2.46. The predicted octanol–water partition coefficient (Wildman–Crippen LogP) is 2.31.